The van der Waals surface area contributed by atoms with Crippen LogP contribution in [0.25, 0.3) is 0 Å². The molecular weight excluding hydrogens is 650 g/mol. The molecule has 5 atom stereocenters. The number of carbonyl (C=O) groups excluding carboxylic acids is 6. The van der Waals surface area contributed by atoms with Gasteiger partial charge in [-0.2, -0.15) is 0 Å². The summed E-state index contributed by atoms with van der Waals surface area (Å²) in [5.41, 5.74) is 2.06. The molecular formula is C38H47N7O6. The predicted octanol–water partition coefficient (Wildman–Crippen LogP) is 1.54. The van der Waals surface area contributed by atoms with E-state index in [2.05, 4.69) is 26.3 Å². The molecule has 13 nitrogen and oxygen atoms in total. The average molecular weight is 698 g/mol. The number of nitrogens with zero attached hydrogens (tertiary/aromatic N) is 3. The summed E-state index contributed by atoms with van der Waals surface area (Å²) in [4.78, 5) is 89.0. The van der Waals surface area contributed by atoms with Crippen LogP contribution in [0.1, 0.15) is 50.4 Å². The molecule has 0 bridgehead atoms. The topological polar surface area (TPSA) is 170 Å². The number of amides is 6. The van der Waals surface area contributed by atoms with E-state index < -0.39 is 72.2 Å². The van der Waals surface area contributed by atoms with Gasteiger partial charge in [0.2, 0.25) is 35.4 Å². The summed E-state index contributed by atoms with van der Waals surface area (Å²) in [5, 5.41) is 11.2. The minimum Gasteiger partial charge on any atom is -0.346 e. The summed E-state index contributed by atoms with van der Waals surface area (Å²) in [6, 6.07) is 16.6. The Hall–Kier alpha value is -5.59. The predicted molar refractivity (Wildman–Crippen MR) is 191 cm³/mol. The minimum atomic E-state index is -1.09. The first kappa shape index (κ1) is 38.2. The van der Waals surface area contributed by atoms with Crippen LogP contribution in [0.2, 0.25) is 0 Å². The first-order valence-electron chi connectivity index (χ1n) is 17.1. The first-order chi connectivity index (χ1) is 24.3. The van der Waals surface area contributed by atoms with E-state index in [1.54, 1.807) is 62.6 Å². The van der Waals surface area contributed by atoms with Crippen molar-refractivity contribution in [3.63, 3.8) is 0 Å². The zero-order chi connectivity index (χ0) is 37.1. The molecule has 4 rings (SSSR count). The molecule has 13 heteroatoms. The van der Waals surface area contributed by atoms with E-state index >= 15 is 0 Å². The standard InChI is InChI=1S/C38H47N7O6/c1-24(2)34-37(50)40-25(3)35(48)42-31(29-16-10-7-11-17-29)22-45(33(47)20-28-15-12-18-39-21-28)23-32(46)41-30(19-27-13-8-6-9-14-27)38(51)44(5)26(4)36(49)43-34/h6-18,21,24-26,30-31,34H,19-20,22-23H2,1-5H3,(H,40,50)(H,41,46)(H,42,48)(H,43,49)/t25-,26-,30-,31-,34+/m0/s1. The molecule has 1 saturated heterocycles. The molecule has 2 heterocycles. The summed E-state index contributed by atoms with van der Waals surface area (Å²) in [5.74, 6) is -3.58. The summed E-state index contributed by atoms with van der Waals surface area (Å²) < 4.78 is 0. The van der Waals surface area contributed by atoms with Gasteiger partial charge in [0, 0.05) is 32.4 Å². The molecule has 0 radical (unpaired) electrons. The highest BCUT2D eigenvalue weighted by atomic mass is 16.2. The summed E-state index contributed by atoms with van der Waals surface area (Å²) >= 11 is 0. The maximum absolute atomic E-state index is 14.0. The van der Waals surface area contributed by atoms with Gasteiger partial charge in [0.25, 0.3) is 0 Å². The third-order valence-electron chi connectivity index (χ3n) is 8.91. The SMILES string of the molecule is CC(C)[C@H]1NC(=O)[C@H](C)N(C)C(=O)[C@H](Cc2ccccc2)NC(=O)CN(C(=O)Cc2cccnc2)C[C@@H](c2ccccc2)NC(=O)[C@H](C)NC1=O. The second-order valence-corrected chi connectivity index (χ2v) is 13.2. The Morgan fingerprint density at radius 1 is 0.804 bits per heavy atom. The summed E-state index contributed by atoms with van der Waals surface area (Å²) in [6.45, 7) is 6.04. The fourth-order valence-corrected chi connectivity index (χ4v) is 5.73. The summed E-state index contributed by atoms with van der Waals surface area (Å²) in [7, 11) is 1.46. The molecule has 270 valence electrons. The fourth-order valence-electron chi connectivity index (χ4n) is 5.73. The lowest BCUT2D eigenvalue weighted by atomic mass is 10.0. The van der Waals surface area contributed by atoms with Crippen molar-refractivity contribution in [3.8, 4) is 0 Å². The normalized spacial score (nSPS) is 23.0. The van der Waals surface area contributed by atoms with Gasteiger partial charge in [-0.15, -0.1) is 0 Å². The number of likely N-dealkylation sites (N-methyl/N-ethyl adjacent to an activating group) is 1. The Bertz CT molecular complexity index is 1670. The van der Waals surface area contributed by atoms with E-state index in [0.717, 1.165) is 5.56 Å². The number of hydrogen-bond acceptors (Lipinski definition) is 7. The highest BCUT2D eigenvalue weighted by Gasteiger charge is 2.35. The number of hydrogen-bond donors (Lipinski definition) is 4. The fraction of sp³-hybridized carbons (Fsp3) is 0.395. The zero-order valence-electron chi connectivity index (χ0n) is 29.7. The van der Waals surface area contributed by atoms with Gasteiger partial charge in [0.1, 0.15) is 24.2 Å². The van der Waals surface area contributed by atoms with Gasteiger partial charge in [0.05, 0.1) is 19.0 Å². The maximum Gasteiger partial charge on any atom is 0.245 e. The van der Waals surface area contributed by atoms with Crippen LogP contribution in [-0.4, -0.2) is 94.5 Å². The molecule has 1 fully saturated rings. The van der Waals surface area contributed by atoms with Gasteiger partial charge in [0.15, 0.2) is 0 Å². The molecule has 1 aliphatic rings. The molecule has 3 aromatic rings. The number of benzene rings is 2. The monoisotopic (exact) mass is 697 g/mol. The van der Waals surface area contributed by atoms with Crippen molar-refractivity contribution in [1.82, 2.24) is 36.1 Å². The van der Waals surface area contributed by atoms with E-state index in [1.165, 1.54) is 30.7 Å². The minimum absolute atomic E-state index is 0.0681. The highest BCUT2D eigenvalue weighted by molar-refractivity contribution is 5.96. The molecule has 2 aromatic carbocycles. The third-order valence-corrected chi connectivity index (χ3v) is 8.91. The highest BCUT2D eigenvalue weighted by Crippen LogP contribution is 2.17. The van der Waals surface area contributed by atoms with E-state index in [4.69, 9.17) is 0 Å². The maximum atomic E-state index is 14.0. The van der Waals surface area contributed by atoms with Crippen molar-refractivity contribution in [2.24, 2.45) is 5.92 Å². The van der Waals surface area contributed by atoms with Crippen molar-refractivity contribution < 1.29 is 28.8 Å². The van der Waals surface area contributed by atoms with Gasteiger partial charge >= 0.3 is 0 Å². The van der Waals surface area contributed by atoms with Crippen LogP contribution >= 0.6 is 0 Å². The van der Waals surface area contributed by atoms with E-state index in [9.17, 15) is 28.8 Å². The Kier molecular flexibility index (Phi) is 13.4. The van der Waals surface area contributed by atoms with E-state index in [-0.39, 0.29) is 25.3 Å². The Balaban J connectivity index is 1.75. The van der Waals surface area contributed by atoms with E-state index in [1.807, 2.05) is 36.4 Å². The first-order valence-corrected chi connectivity index (χ1v) is 17.1. The molecule has 0 unspecified atom stereocenters. The Morgan fingerprint density at radius 2 is 1.45 bits per heavy atom. The zero-order valence-corrected chi connectivity index (χ0v) is 29.7. The van der Waals surface area contributed by atoms with E-state index in [0.29, 0.717) is 11.1 Å². The summed E-state index contributed by atoms with van der Waals surface area (Å²) in [6.07, 6.45) is 3.20. The molecule has 0 saturated carbocycles. The molecule has 1 aliphatic heterocycles. The number of aromatic nitrogens is 1. The largest absolute Gasteiger partial charge is 0.346 e. The average Bonchev–Trinajstić information content (AvgIpc) is 3.12. The molecule has 6 amide bonds. The lowest BCUT2D eigenvalue weighted by molar-refractivity contribution is -0.143. The molecule has 0 aliphatic carbocycles. The van der Waals surface area contributed by atoms with Crippen LogP contribution in [0.5, 0.6) is 0 Å². The quantitative estimate of drug-likeness (QED) is 0.303. The Morgan fingerprint density at radius 3 is 2.08 bits per heavy atom. The van der Waals surface area contributed by atoms with Gasteiger partial charge < -0.3 is 31.1 Å². The van der Waals surface area contributed by atoms with Crippen molar-refractivity contribution in [3.05, 3.63) is 102 Å². The van der Waals surface area contributed by atoms with Crippen LogP contribution in [-0.2, 0) is 41.6 Å². The van der Waals surface area contributed by atoms with Crippen LogP contribution in [0.15, 0.2) is 85.2 Å². The van der Waals surface area contributed by atoms with Gasteiger partial charge in [-0.05, 0) is 42.5 Å². The van der Waals surface area contributed by atoms with Crippen molar-refractivity contribution in [1.29, 1.82) is 0 Å². The lowest BCUT2D eigenvalue weighted by Gasteiger charge is -2.33. The van der Waals surface area contributed by atoms with Gasteiger partial charge in [-0.3, -0.25) is 33.8 Å². The third kappa shape index (κ3) is 10.7. The molecule has 4 N–H and O–H groups in total. The lowest BCUT2D eigenvalue weighted by Crippen LogP contribution is -2.59. The smallest absolute Gasteiger partial charge is 0.245 e. The van der Waals surface area contributed by atoms with Crippen LogP contribution in [0, 0.1) is 5.92 Å². The Labute approximate surface area is 298 Å². The van der Waals surface area contributed by atoms with Crippen molar-refractivity contribution in [2.45, 2.75) is 70.7 Å². The van der Waals surface area contributed by atoms with Gasteiger partial charge in [-0.1, -0.05) is 80.6 Å². The molecule has 1 aromatic heterocycles. The molecule has 0 spiro atoms. The number of pyridine rings is 1. The second kappa shape index (κ2) is 17.9. The molecule has 51 heavy (non-hydrogen) atoms. The number of nitrogens with one attached hydrogen (secondary N) is 4. The second-order valence-electron chi connectivity index (χ2n) is 13.2. The number of rotatable bonds is 6. The van der Waals surface area contributed by atoms with Crippen LogP contribution in [0.4, 0.5) is 0 Å². The van der Waals surface area contributed by atoms with Crippen LogP contribution < -0.4 is 21.3 Å². The van der Waals surface area contributed by atoms with Crippen LogP contribution in [0.3, 0.4) is 0 Å². The van der Waals surface area contributed by atoms with Crippen molar-refractivity contribution in [2.75, 3.05) is 20.1 Å². The number of carbonyl (C=O) groups is 6. The van der Waals surface area contributed by atoms with Crippen molar-refractivity contribution >= 4 is 35.4 Å². The van der Waals surface area contributed by atoms with Gasteiger partial charge in [-0.25, -0.2) is 0 Å².